The quantitative estimate of drug-likeness (QED) is 0.853. The van der Waals surface area contributed by atoms with E-state index < -0.39 is 0 Å². The van der Waals surface area contributed by atoms with Crippen LogP contribution in [0, 0.1) is 0 Å². The standard InChI is InChI=1S/C11H8Br2O2/c1-15-11-5-7-4-10(14)8(12)2-6(7)3-9(11)13/h2-5,14H,1H3. The molecule has 0 aliphatic carbocycles. The molecule has 0 aliphatic heterocycles. The van der Waals surface area contributed by atoms with E-state index in [1.54, 1.807) is 13.2 Å². The minimum absolute atomic E-state index is 0.229. The molecule has 2 nitrogen and oxygen atoms in total. The third-order valence-corrected chi connectivity index (χ3v) is 3.43. The first-order valence-electron chi connectivity index (χ1n) is 4.27. The van der Waals surface area contributed by atoms with Crippen LogP contribution < -0.4 is 4.74 Å². The van der Waals surface area contributed by atoms with Crippen molar-refractivity contribution in [2.24, 2.45) is 0 Å². The van der Waals surface area contributed by atoms with Crippen molar-refractivity contribution in [2.45, 2.75) is 0 Å². The van der Waals surface area contributed by atoms with Gasteiger partial charge in [0.1, 0.15) is 11.5 Å². The van der Waals surface area contributed by atoms with E-state index in [4.69, 9.17) is 4.74 Å². The monoisotopic (exact) mass is 330 g/mol. The Labute approximate surface area is 104 Å². The molecule has 0 aliphatic rings. The molecule has 0 amide bonds. The average molecular weight is 332 g/mol. The Hall–Kier alpha value is -0.740. The summed E-state index contributed by atoms with van der Waals surface area (Å²) in [6, 6.07) is 7.41. The molecule has 0 heterocycles. The summed E-state index contributed by atoms with van der Waals surface area (Å²) < 4.78 is 6.77. The Bertz CT molecular complexity index is 523. The predicted octanol–water partition coefficient (Wildman–Crippen LogP) is 4.08. The number of ether oxygens (including phenoxy) is 1. The Kier molecular flexibility index (Phi) is 2.89. The van der Waals surface area contributed by atoms with Crippen LogP contribution in [-0.4, -0.2) is 12.2 Å². The SMILES string of the molecule is COc1cc2cc(O)c(Br)cc2cc1Br. The van der Waals surface area contributed by atoms with Crippen molar-refractivity contribution in [1.82, 2.24) is 0 Å². The first-order chi connectivity index (χ1) is 7.11. The lowest BCUT2D eigenvalue weighted by atomic mass is 10.1. The van der Waals surface area contributed by atoms with Crippen LogP contribution in [0.2, 0.25) is 0 Å². The molecule has 2 rings (SSSR count). The molecule has 0 unspecified atom stereocenters. The summed E-state index contributed by atoms with van der Waals surface area (Å²) in [6.45, 7) is 0. The number of aromatic hydroxyl groups is 1. The number of rotatable bonds is 1. The summed E-state index contributed by atoms with van der Waals surface area (Å²) in [7, 11) is 1.62. The van der Waals surface area contributed by atoms with Gasteiger partial charge in [-0.15, -0.1) is 0 Å². The van der Waals surface area contributed by atoms with Gasteiger partial charge < -0.3 is 9.84 Å². The molecule has 0 spiro atoms. The molecule has 0 atom stereocenters. The van der Waals surface area contributed by atoms with Crippen molar-refractivity contribution in [3.8, 4) is 11.5 Å². The smallest absolute Gasteiger partial charge is 0.133 e. The molecule has 0 saturated heterocycles. The summed E-state index contributed by atoms with van der Waals surface area (Å²) in [4.78, 5) is 0. The van der Waals surface area contributed by atoms with Crippen molar-refractivity contribution in [2.75, 3.05) is 7.11 Å². The average Bonchev–Trinajstić information content (AvgIpc) is 2.20. The van der Waals surface area contributed by atoms with Gasteiger partial charge in [0, 0.05) is 0 Å². The Balaban J connectivity index is 2.76. The van der Waals surface area contributed by atoms with Crippen LogP contribution in [-0.2, 0) is 0 Å². The molecular formula is C11H8Br2O2. The van der Waals surface area contributed by atoms with Gasteiger partial charge in [-0.3, -0.25) is 0 Å². The zero-order chi connectivity index (χ0) is 11.0. The summed E-state index contributed by atoms with van der Waals surface area (Å²) >= 11 is 6.70. The molecule has 0 saturated carbocycles. The predicted molar refractivity (Wildman–Crippen MR) is 67.6 cm³/mol. The van der Waals surface area contributed by atoms with Crippen LogP contribution in [0.15, 0.2) is 33.2 Å². The number of hydrogen-bond donors (Lipinski definition) is 1. The molecular weight excluding hydrogens is 324 g/mol. The van der Waals surface area contributed by atoms with Gasteiger partial charge in [0.05, 0.1) is 16.1 Å². The first-order valence-corrected chi connectivity index (χ1v) is 5.86. The van der Waals surface area contributed by atoms with Gasteiger partial charge in [-0.05, 0) is 66.9 Å². The fourth-order valence-electron chi connectivity index (χ4n) is 1.42. The molecule has 0 bridgehead atoms. The summed E-state index contributed by atoms with van der Waals surface area (Å²) in [5.74, 6) is 0.982. The van der Waals surface area contributed by atoms with E-state index in [2.05, 4.69) is 31.9 Å². The summed E-state index contributed by atoms with van der Waals surface area (Å²) in [6.07, 6.45) is 0. The number of halogens is 2. The van der Waals surface area contributed by atoms with E-state index in [1.165, 1.54) is 0 Å². The van der Waals surface area contributed by atoms with Crippen molar-refractivity contribution >= 4 is 42.6 Å². The van der Waals surface area contributed by atoms with Crippen LogP contribution in [0.25, 0.3) is 10.8 Å². The van der Waals surface area contributed by atoms with Gasteiger partial charge in [-0.2, -0.15) is 0 Å². The highest BCUT2D eigenvalue weighted by atomic mass is 79.9. The van der Waals surface area contributed by atoms with Crippen LogP contribution in [0.5, 0.6) is 11.5 Å². The fourth-order valence-corrected chi connectivity index (χ4v) is 2.30. The van der Waals surface area contributed by atoms with Gasteiger partial charge in [-0.25, -0.2) is 0 Å². The van der Waals surface area contributed by atoms with E-state index in [-0.39, 0.29) is 5.75 Å². The van der Waals surface area contributed by atoms with E-state index in [1.807, 2.05) is 18.2 Å². The zero-order valence-electron chi connectivity index (χ0n) is 7.92. The van der Waals surface area contributed by atoms with Crippen LogP contribution in [0.3, 0.4) is 0 Å². The first kappa shape index (κ1) is 10.8. The van der Waals surface area contributed by atoms with Gasteiger partial charge >= 0.3 is 0 Å². The molecule has 2 aromatic carbocycles. The minimum Gasteiger partial charge on any atom is -0.507 e. The maximum Gasteiger partial charge on any atom is 0.133 e. The Morgan fingerprint density at radius 1 is 1.00 bits per heavy atom. The normalized spacial score (nSPS) is 10.6. The topological polar surface area (TPSA) is 29.5 Å². The summed E-state index contributed by atoms with van der Waals surface area (Å²) in [5.41, 5.74) is 0. The van der Waals surface area contributed by atoms with Gasteiger partial charge in [0.2, 0.25) is 0 Å². The van der Waals surface area contributed by atoms with Crippen molar-refractivity contribution in [1.29, 1.82) is 0 Å². The lowest BCUT2D eigenvalue weighted by molar-refractivity contribution is 0.413. The van der Waals surface area contributed by atoms with E-state index in [9.17, 15) is 5.11 Å². The van der Waals surface area contributed by atoms with Crippen LogP contribution in [0.4, 0.5) is 0 Å². The minimum atomic E-state index is 0.229. The van der Waals surface area contributed by atoms with Crippen molar-refractivity contribution in [3.05, 3.63) is 33.2 Å². The molecule has 0 fully saturated rings. The largest absolute Gasteiger partial charge is 0.507 e. The number of hydrogen-bond acceptors (Lipinski definition) is 2. The van der Waals surface area contributed by atoms with E-state index in [0.29, 0.717) is 4.47 Å². The summed E-state index contributed by atoms with van der Waals surface area (Å²) in [5, 5.41) is 11.5. The Morgan fingerprint density at radius 3 is 2.27 bits per heavy atom. The third kappa shape index (κ3) is 1.96. The number of methoxy groups -OCH3 is 1. The number of phenolic OH excluding ortho intramolecular Hbond substituents is 1. The maximum atomic E-state index is 9.55. The molecule has 0 radical (unpaired) electrons. The maximum absolute atomic E-state index is 9.55. The number of phenols is 1. The lowest BCUT2D eigenvalue weighted by Crippen LogP contribution is -1.85. The van der Waals surface area contributed by atoms with E-state index >= 15 is 0 Å². The second kappa shape index (κ2) is 4.02. The second-order valence-electron chi connectivity index (χ2n) is 3.14. The molecule has 2 aromatic rings. The van der Waals surface area contributed by atoms with Gasteiger partial charge in [0.15, 0.2) is 0 Å². The zero-order valence-corrected chi connectivity index (χ0v) is 11.1. The fraction of sp³-hybridized carbons (Fsp3) is 0.0909. The Morgan fingerprint density at radius 2 is 1.60 bits per heavy atom. The van der Waals surface area contributed by atoms with Crippen molar-refractivity contribution in [3.63, 3.8) is 0 Å². The highest BCUT2D eigenvalue weighted by Gasteiger charge is 2.06. The van der Waals surface area contributed by atoms with Crippen LogP contribution >= 0.6 is 31.9 Å². The molecule has 15 heavy (non-hydrogen) atoms. The molecule has 4 heteroatoms. The molecule has 1 N–H and O–H groups in total. The van der Waals surface area contributed by atoms with Gasteiger partial charge in [0.25, 0.3) is 0 Å². The van der Waals surface area contributed by atoms with E-state index in [0.717, 1.165) is 21.0 Å². The molecule has 78 valence electrons. The van der Waals surface area contributed by atoms with Crippen LogP contribution in [0.1, 0.15) is 0 Å². The highest BCUT2D eigenvalue weighted by molar-refractivity contribution is 9.11. The van der Waals surface area contributed by atoms with Crippen molar-refractivity contribution < 1.29 is 9.84 Å². The lowest BCUT2D eigenvalue weighted by Gasteiger charge is -2.07. The highest BCUT2D eigenvalue weighted by Crippen LogP contribution is 2.35. The second-order valence-corrected chi connectivity index (χ2v) is 4.85. The number of fused-ring (bicyclic) bond motifs is 1. The number of benzene rings is 2. The molecule has 0 aromatic heterocycles. The van der Waals surface area contributed by atoms with Gasteiger partial charge in [-0.1, -0.05) is 0 Å². The third-order valence-electron chi connectivity index (χ3n) is 2.18.